The zero-order chi connectivity index (χ0) is 21.3. The van der Waals surface area contributed by atoms with Crippen LogP contribution in [0.1, 0.15) is 46.4 Å². The Kier molecular flexibility index (Phi) is 5.68. The minimum absolute atomic E-state index is 0.246. The number of hydrogen-bond acceptors (Lipinski definition) is 4. The van der Waals surface area contributed by atoms with Gasteiger partial charge in [-0.2, -0.15) is 5.01 Å². The number of Topliss-reactive ketones (excluding diaryl/α,β-unsaturated/α-hetero) is 1. The van der Waals surface area contributed by atoms with Crippen molar-refractivity contribution >= 4 is 35.1 Å². The maximum Gasteiger partial charge on any atom is 0.273 e. The molecule has 1 aliphatic carbocycles. The highest BCUT2D eigenvalue weighted by Crippen LogP contribution is 2.39. The number of hydrogen-bond donors (Lipinski definition) is 0. The zero-order valence-corrected chi connectivity index (χ0v) is 17.0. The summed E-state index contributed by atoms with van der Waals surface area (Å²) in [5, 5.41) is 2.37. The molecule has 2 aromatic carbocycles. The molecule has 1 aliphatic heterocycles. The first-order chi connectivity index (χ1) is 14.5. The second-order valence-corrected chi connectivity index (χ2v) is 8.08. The molecule has 154 valence electrons. The zero-order valence-electron chi connectivity index (χ0n) is 16.3. The van der Waals surface area contributed by atoms with E-state index in [1.165, 1.54) is 12.1 Å². The highest BCUT2D eigenvalue weighted by molar-refractivity contribution is 6.30. The topological polar surface area (TPSA) is 74.8 Å². The highest BCUT2D eigenvalue weighted by Gasteiger charge is 2.51. The maximum atomic E-state index is 13.3. The molecular formula is C23H21ClN2O4. The predicted molar refractivity (Wildman–Crippen MR) is 111 cm³/mol. The second kappa shape index (κ2) is 8.40. The number of rotatable bonds is 5. The van der Waals surface area contributed by atoms with Gasteiger partial charge in [0.05, 0.1) is 11.8 Å². The summed E-state index contributed by atoms with van der Waals surface area (Å²) in [6, 6.07) is 14.6. The van der Waals surface area contributed by atoms with E-state index in [0.717, 1.165) is 22.9 Å². The molecule has 0 spiro atoms. The van der Waals surface area contributed by atoms with E-state index in [1.54, 1.807) is 42.5 Å². The summed E-state index contributed by atoms with van der Waals surface area (Å²) in [5.74, 6) is -2.57. The molecule has 30 heavy (non-hydrogen) atoms. The molecule has 0 bridgehead atoms. The number of benzene rings is 2. The second-order valence-electron chi connectivity index (χ2n) is 7.64. The van der Waals surface area contributed by atoms with Gasteiger partial charge in [-0.3, -0.25) is 19.2 Å². The van der Waals surface area contributed by atoms with E-state index < -0.39 is 36.1 Å². The van der Waals surface area contributed by atoms with Crippen LogP contribution in [0.15, 0.2) is 54.6 Å². The minimum atomic E-state index is -0.587. The Morgan fingerprint density at radius 3 is 2.00 bits per heavy atom. The molecule has 3 amide bonds. The molecule has 0 unspecified atom stereocenters. The number of ketones is 1. The fourth-order valence-corrected chi connectivity index (χ4v) is 4.33. The number of halogens is 1. The van der Waals surface area contributed by atoms with E-state index in [-0.39, 0.29) is 11.3 Å². The van der Waals surface area contributed by atoms with Gasteiger partial charge < -0.3 is 0 Å². The van der Waals surface area contributed by atoms with Gasteiger partial charge in [-0.15, -0.1) is 0 Å². The number of imide groups is 1. The number of fused-ring (bicyclic) bond motifs is 1. The normalized spacial score (nSPS) is 20.8. The van der Waals surface area contributed by atoms with Crippen LogP contribution in [0.2, 0.25) is 5.02 Å². The SMILES string of the molecule is O=C(CN(C(=O)c1ccc(Cl)cc1)N1C(=O)[C@@H]2CCCC[C@H]2C1=O)c1ccccc1. The number of carbonyl (C=O) groups excluding carboxylic acids is 4. The lowest BCUT2D eigenvalue weighted by Gasteiger charge is -2.30. The number of hydrazine groups is 1. The Hall–Kier alpha value is -2.99. The molecule has 0 aromatic heterocycles. The molecule has 2 aromatic rings. The van der Waals surface area contributed by atoms with E-state index in [9.17, 15) is 19.2 Å². The van der Waals surface area contributed by atoms with Crippen LogP contribution < -0.4 is 0 Å². The van der Waals surface area contributed by atoms with Crippen LogP contribution in [0.5, 0.6) is 0 Å². The average molecular weight is 425 g/mol. The first-order valence-corrected chi connectivity index (χ1v) is 10.4. The van der Waals surface area contributed by atoms with Gasteiger partial charge in [-0.25, -0.2) is 5.01 Å². The van der Waals surface area contributed by atoms with E-state index in [2.05, 4.69) is 0 Å². The Morgan fingerprint density at radius 1 is 0.867 bits per heavy atom. The summed E-state index contributed by atoms with van der Waals surface area (Å²) < 4.78 is 0. The van der Waals surface area contributed by atoms with Gasteiger partial charge in [0, 0.05) is 16.1 Å². The van der Waals surface area contributed by atoms with Crippen molar-refractivity contribution in [3.63, 3.8) is 0 Å². The first-order valence-electron chi connectivity index (χ1n) is 10.0. The van der Waals surface area contributed by atoms with Crippen LogP contribution in [-0.4, -0.2) is 40.1 Å². The summed E-state index contributed by atoms with van der Waals surface area (Å²) in [5.41, 5.74) is 0.652. The fourth-order valence-electron chi connectivity index (χ4n) is 4.21. The van der Waals surface area contributed by atoms with Gasteiger partial charge in [0.25, 0.3) is 17.7 Å². The Morgan fingerprint density at radius 2 is 1.43 bits per heavy atom. The van der Waals surface area contributed by atoms with Crippen LogP contribution >= 0.6 is 11.6 Å². The van der Waals surface area contributed by atoms with E-state index in [1.807, 2.05) is 0 Å². The third kappa shape index (κ3) is 3.75. The van der Waals surface area contributed by atoms with Crippen molar-refractivity contribution in [3.8, 4) is 0 Å². The number of carbonyl (C=O) groups is 4. The summed E-state index contributed by atoms with van der Waals surface area (Å²) in [6.45, 7) is -0.400. The van der Waals surface area contributed by atoms with Crippen LogP contribution in [0.3, 0.4) is 0 Å². The first kappa shape index (κ1) is 20.3. The third-order valence-electron chi connectivity index (χ3n) is 5.77. The predicted octanol–water partition coefficient (Wildman–Crippen LogP) is 3.76. The van der Waals surface area contributed by atoms with Gasteiger partial charge in [0.1, 0.15) is 6.54 Å². The Labute approximate surface area is 179 Å². The number of amides is 3. The average Bonchev–Trinajstić information content (AvgIpc) is 3.03. The standard InChI is InChI=1S/C23H21ClN2O4/c24-17-12-10-16(11-13-17)21(28)25(14-20(27)15-6-2-1-3-7-15)26-22(29)18-8-4-5-9-19(18)23(26)30/h1-3,6-7,10-13,18-19H,4-5,8-9,14H2/t18-,19-/m1/s1. The highest BCUT2D eigenvalue weighted by atomic mass is 35.5. The van der Waals surface area contributed by atoms with Crippen LogP contribution in [0, 0.1) is 11.8 Å². The van der Waals surface area contributed by atoms with Crippen molar-refractivity contribution in [3.05, 3.63) is 70.7 Å². The molecule has 0 radical (unpaired) electrons. The van der Waals surface area contributed by atoms with Crippen LogP contribution in [0.25, 0.3) is 0 Å². The molecule has 1 saturated heterocycles. The van der Waals surface area contributed by atoms with Crippen molar-refractivity contribution in [1.82, 2.24) is 10.0 Å². The van der Waals surface area contributed by atoms with Crippen LogP contribution in [0.4, 0.5) is 0 Å². The molecule has 1 saturated carbocycles. The van der Waals surface area contributed by atoms with Gasteiger partial charge in [0.2, 0.25) is 0 Å². The van der Waals surface area contributed by atoms with Crippen molar-refractivity contribution in [2.45, 2.75) is 25.7 Å². The van der Waals surface area contributed by atoms with Crippen LogP contribution in [-0.2, 0) is 9.59 Å². The van der Waals surface area contributed by atoms with Gasteiger partial charge in [-0.05, 0) is 37.1 Å². The third-order valence-corrected chi connectivity index (χ3v) is 6.03. The monoisotopic (exact) mass is 424 g/mol. The molecule has 6 nitrogen and oxygen atoms in total. The van der Waals surface area contributed by atoms with Gasteiger partial charge >= 0.3 is 0 Å². The maximum absolute atomic E-state index is 13.3. The lowest BCUT2D eigenvalue weighted by Crippen LogP contribution is -2.52. The molecule has 2 aliphatic rings. The lowest BCUT2D eigenvalue weighted by atomic mass is 9.81. The van der Waals surface area contributed by atoms with Gasteiger partial charge in [0.15, 0.2) is 5.78 Å². The summed E-state index contributed by atoms with van der Waals surface area (Å²) in [7, 11) is 0. The molecule has 4 rings (SSSR count). The quantitative estimate of drug-likeness (QED) is 0.541. The molecule has 0 N–H and O–H groups in total. The fraction of sp³-hybridized carbons (Fsp3) is 0.304. The summed E-state index contributed by atoms with van der Waals surface area (Å²) in [4.78, 5) is 52.3. The Bertz CT molecular complexity index is 966. The van der Waals surface area contributed by atoms with E-state index in [4.69, 9.17) is 11.6 Å². The van der Waals surface area contributed by atoms with Crippen molar-refractivity contribution in [2.24, 2.45) is 11.8 Å². The summed E-state index contributed by atoms with van der Waals surface area (Å²) in [6.07, 6.45) is 3.01. The lowest BCUT2D eigenvalue weighted by molar-refractivity contribution is -0.154. The smallest absolute Gasteiger partial charge is 0.273 e. The van der Waals surface area contributed by atoms with Crippen molar-refractivity contribution < 1.29 is 19.2 Å². The Balaban J connectivity index is 1.68. The molecule has 2 atom stereocenters. The largest absolute Gasteiger partial charge is 0.292 e. The minimum Gasteiger partial charge on any atom is -0.292 e. The molecule has 1 heterocycles. The van der Waals surface area contributed by atoms with Gasteiger partial charge in [-0.1, -0.05) is 54.8 Å². The van der Waals surface area contributed by atoms with Crippen molar-refractivity contribution in [1.29, 1.82) is 0 Å². The van der Waals surface area contributed by atoms with Crippen molar-refractivity contribution in [2.75, 3.05) is 6.54 Å². The molecular weight excluding hydrogens is 404 g/mol. The number of nitrogens with zero attached hydrogens (tertiary/aromatic N) is 2. The van der Waals surface area contributed by atoms with E-state index >= 15 is 0 Å². The summed E-state index contributed by atoms with van der Waals surface area (Å²) >= 11 is 5.92. The molecule has 2 fully saturated rings. The van der Waals surface area contributed by atoms with E-state index in [0.29, 0.717) is 23.4 Å². The molecule has 7 heteroatoms.